The van der Waals surface area contributed by atoms with Crippen molar-refractivity contribution < 1.29 is 13.2 Å². The van der Waals surface area contributed by atoms with Crippen LogP contribution in [0, 0.1) is 23.0 Å². The Balaban J connectivity index is 1.40. The van der Waals surface area contributed by atoms with Crippen molar-refractivity contribution in [3.8, 4) is 17.2 Å². The fraction of sp³-hybridized carbons (Fsp3) is 0. The first kappa shape index (κ1) is 20.2. The van der Waals surface area contributed by atoms with Gasteiger partial charge in [-0.2, -0.15) is 10.2 Å². The van der Waals surface area contributed by atoms with E-state index >= 15 is 0 Å². The third-order valence-electron chi connectivity index (χ3n) is 5.01. The summed E-state index contributed by atoms with van der Waals surface area (Å²) in [7, 11) is 0. The maximum absolute atomic E-state index is 14.9. The van der Waals surface area contributed by atoms with Gasteiger partial charge in [-0.1, -0.05) is 18.2 Å². The highest BCUT2D eigenvalue weighted by Gasteiger charge is 2.16. The molecule has 0 saturated heterocycles. The van der Waals surface area contributed by atoms with Crippen molar-refractivity contribution in [3.63, 3.8) is 0 Å². The molecule has 2 aromatic heterocycles. The molecule has 0 aliphatic rings. The van der Waals surface area contributed by atoms with Crippen molar-refractivity contribution in [3.05, 3.63) is 96.4 Å². The van der Waals surface area contributed by atoms with E-state index < -0.39 is 11.6 Å². The molecular formula is C25H15F2N5O. The molecule has 5 aromatic rings. The zero-order chi connectivity index (χ0) is 22.8. The molecule has 0 aliphatic heterocycles. The fourth-order valence-corrected chi connectivity index (χ4v) is 3.42. The van der Waals surface area contributed by atoms with Crippen LogP contribution in [0.5, 0.6) is 0 Å². The lowest BCUT2D eigenvalue weighted by molar-refractivity contribution is 0.591. The van der Waals surface area contributed by atoms with E-state index in [-0.39, 0.29) is 17.5 Å². The van der Waals surface area contributed by atoms with Crippen LogP contribution in [0.25, 0.3) is 22.1 Å². The molecule has 3 aromatic carbocycles. The largest absolute Gasteiger partial charge is 0.464 e. The average molecular weight is 439 g/mol. The zero-order valence-corrected chi connectivity index (χ0v) is 17.0. The minimum absolute atomic E-state index is 0.209. The van der Waals surface area contributed by atoms with Crippen molar-refractivity contribution in [2.45, 2.75) is 0 Å². The molecule has 0 saturated carbocycles. The van der Waals surface area contributed by atoms with Gasteiger partial charge in [0.2, 0.25) is 5.95 Å². The van der Waals surface area contributed by atoms with E-state index in [1.807, 2.05) is 24.3 Å². The average Bonchev–Trinajstić information content (AvgIpc) is 3.26. The van der Waals surface area contributed by atoms with Gasteiger partial charge in [0.25, 0.3) is 0 Å². The van der Waals surface area contributed by atoms with Crippen LogP contribution in [0.1, 0.15) is 5.56 Å². The molecule has 5 rings (SSSR count). The topological polar surface area (TPSA) is 86.8 Å². The Labute approximate surface area is 187 Å². The Morgan fingerprint density at radius 3 is 2.42 bits per heavy atom. The van der Waals surface area contributed by atoms with Gasteiger partial charge in [-0.15, -0.1) is 0 Å². The van der Waals surface area contributed by atoms with Gasteiger partial charge in [0.05, 0.1) is 17.9 Å². The van der Waals surface area contributed by atoms with Gasteiger partial charge >= 0.3 is 0 Å². The van der Waals surface area contributed by atoms with Crippen LogP contribution in [0.15, 0.2) is 83.6 Å². The number of para-hydroxylation sites is 1. The van der Waals surface area contributed by atoms with Gasteiger partial charge in [-0.3, -0.25) is 0 Å². The summed E-state index contributed by atoms with van der Waals surface area (Å²) in [4.78, 5) is 8.37. The first-order valence-electron chi connectivity index (χ1n) is 9.93. The van der Waals surface area contributed by atoms with Crippen molar-refractivity contribution in [2.24, 2.45) is 0 Å². The van der Waals surface area contributed by atoms with Crippen molar-refractivity contribution in [2.75, 3.05) is 10.6 Å². The number of anilines is 4. The number of halogens is 2. The summed E-state index contributed by atoms with van der Waals surface area (Å²) in [5.41, 5.74) is 2.47. The standard InChI is InChI=1S/C25H15F2N5O/c26-20-11-16(19-14-33-22-4-2-1-3-18(19)22)12-21(27)24(20)31-23-9-10-29-25(32-23)30-17-7-5-15(13-28)6-8-17/h1-12,14H,(H2,29,30,31,32). The number of nitriles is 1. The van der Waals surface area contributed by atoms with Gasteiger partial charge in [0, 0.05) is 22.8 Å². The molecule has 0 bridgehead atoms. The summed E-state index contributed by atoms with van der Waals surface area (Å²) in [6.45, 7) is 0. The smallest absolute Gasteiger partial charge is 0.229 e. The molecule has 0 spiro atoms. The lowest BCUT2D eigenvalue weighted by atomic mass is 10.0. The van der Waals surface area contributed by atoms with Gasteiger partial charge in [0.15, 0.2) is 0 Å². The second-order valence-electron chi connectivity index (χ2n) is 7.17. The SMILES string of the molecule is N#Cc1ccc(Nc2nccc(Nc3c(F)cc(-c4coc5ccccc45)cc3F)n2)cc1. The summed E-state index contributed by atoms with van der Waals surface area (Å²) in [6.07, 6.45) is 2.95. The van der Waals surface area contributed by atoms with Crippen LogP contribution in [-0.2, 0) is 0 Å². The third-order valence-corrected chi connectivity index (χ3v) is 5.01. The molecule has 2 heterocycles. The van der Waals surface area contributed by atoms with Crippen molar-refractivity contribution in [1.29, 1.82) is 5.26 Å². The number of hydrogen-bond donors (Lipinski definition) is 2. The van der Waals surface area contributed by atoms with Crippen LogP contribution in [0.3, 0.4) is 0 Å². The molecule has 0 fully saturated rings. The number of rotatable bonds is 5. The summed E-state index contributed by atoms with van der Waals surface area (Å²) < 4.78 is 35.3. The monoisotopic (exact) mass is 439 g/mol. The third kappa shape index (κ3) is 4.07. The Bertz CT molecular complexity index is 1480. The quantitative estimate of drug-likeness (QED) is 0.324. The summed E-state index contributed by atoms with van der Waals surface area (Å²) in [6, 6.07) is 20.1. The number of fused-ring (bicyclic) bond motifs is 1. The van der Waals surface area contributed by atoms with E-state index in [1.54, 1.807) is 30.3 Å². The highest BCUT2D eigenvalue weighted by Crippen LogP contribution is 2.34. The number of benzene rings is 3. The molecule has 8 heteroatoms. The number of hydrogen-bond acceptors (Lipinski definition) is 6. The second kappa shape index (κ2) is 8.40. The Hall–Kier alpha value is -4.77. The summed E-state index contributed by atoms with van der Waals surface area (Å²) in [5.74, 6) is -1.10. The van der Waals surface area contributed by atoms with Gasteiger partial charge < -0.3 is 15.1 Å². The van der Waals surface area contributed by atoms with E-state index in [2.05, 4.69) is 20.6 Å². The number of furan rings is 1. The molecule has 0 amide bonds. The van der Waals surface area contributed by atoms with Crippen molar-refractivity contribution in [1.82, 2.24) is 9.97 Å². The molecule has 0 atom stereocenters. The van der Waals surface area contributed by atoms with E-state index in [1.165, 1.54) is 30.7 Å². The molecular weight excluding hydrogens is 424 g/mol. The van der Waals surface area contributed by atoms with E-state index in [4.69, 9.17) is 9.68 Å². The lowest BCUT2D eigenvalue weighted by Gasteiger charge is -2.11. The summed E-state index contributed by atoms with van der Waals surface area (Å²) >= 11 is 0. The molecule has 33 heavy (non-hydrogen) atoms. The van der Waals surface area contributed by atoms with E-state index in [0.29, 0.717) is 28.0 Å². The van der Waals surface area contributed by atoms with Crippen LogP contribution >= 0.6 is 0 Å². The van der Waals surface area contributed by atoms with Gasteiger partial charge in [0.1, 0.15) is 28.7 Å². The zero-order valence-electron chi connectivity index (χ0n) is 17.0. The Morgan fingerprint density at radius 2 is 1.67 bits per heavy atom. The maximum atomic E-state index is 14.9. The minimum atomic E-state index is -0.768. The van der Waals surface area contributed by atoms with Gasteiger partial charge in [-0.25, -0.2) is 13.8 Å². The fourth-order valence-electron chi connectivity index (χ4n) is 3.42. The molecule has 0 unspecified atom stereocenters. The highest BCUT2D eigenvalue weighted by atomic mass is 19.1. The number of aromatic nitrogens is 2. The molecule has 160 valence electrons. The maximum Gasteiger partial charge on any atom is 0.229 e. The predicted octanol–water partition coefficient (Wildman–Crippen LogP) is 6.53. The predicted molar refractivity (Wildman–Crippen MR) is 121 cm³/mol. The lowest BCUT2D eigenvalue weighted by Crippen LogP contribution is -2.03. The Morgan fingerprint density at radius 1 is 0.909 bits per heavy atom. The molecule has 6 nitrogen and oxygen atoms in total. The normalized spacial score (nSPS) is 10.7. The second-order valence-corrected chi connectivity index (χ2v) is 7.17. The van der Waals surface area contributed by atoms with Gasteiger partial charge in [-0.05, 0) is 54.1 Å². The molecule has 0 radical (unpaired) electrons. The molecule has 0 aliphatic carbocycles. The first-order chi connectivity index (χ1) is 16.1. The summed E-state index contributed by atoms with van der Waals surface area (Å²) in [5, 5.41) is 15.3. The number of nitrogens with zero attached hydrogens (tertiary/aromatic N) is 3. The van der Waals surface area contributed by atoms with E-state index in [9.17, 15) is 8.78 Å². The first-order valence-corrected chi connectivity index (χ1v) is 9.93. The molecule has 2 N–H and O–H groups in total. The van der Waals surface area contributed by atoms with Crippen LogP contribution in [-0.4, -0.2) is 9.97 Å². The van der Waals surface area contributed by atoms with Crippen LogP contribution in [0.2, 0.25) is 0 Å². The van der Waals surface area contributed by atoms with E-state index in [0.717, 1.165) is 5.39 Å². The van der Waals surface area contributed by atoms with Crippen molar-refractivity contribution >= 4 is 34.1 Å². The van der Waals surface area contributed by atoms with Crippen LogP contribution < -0.4 is 10.6 Å². The van der Waals surface area contributed by atoms with Crippen LogP contribution in [0.4, 0.5) is 31.9 Å². The number of nitrogens with one attached hydrogen (secondary N) is 2. The highest BCUT2D eigenvalue weighted by molar-refractivity contribution is 5.94. The minimum Gasteiger partial charge on any atom is -0.464 e. The Kier molecular flexibility index (Phi) is 5.13.